The summed E-state index contributed by atoms with van der Waals surface area (Å²) in [4.78, 5) is 13.1. The van der Waals surface area contributed by atoms with Crippen LogP contribution in [0.25, 0.3) is 5.57 Å². The van der Waals surface area contributed by atoms with E-state index in [1.807, 2.05) is 6.07 Å². The number of nitrogens with zero attached hydrogens (tertiary/aromatic N) is 1. The Kier molecular flexibility index (Phi) is 5.67. The fourth-order valence-corrected chi connectivity index (χ4v) is 3.49. The van der Waals surface area contributed by atoms with E-state index in [1.54, 1.807) is 12.1 Å². The maximum Gasteiger partial charge on any atom is 0.165 e. The molecule has 0 radical (unpaired) electrons. The highest BCUT2D eigenvalue weighted by molar-refractivity contribution is 5.69. The van der Waals surface area contributed by atoms with Gasteiger partial charge in [0.2, 0.25) is 0 Å². The fourth-order valence-electron chi connectivity index (χ4n) is 3.49. The Bertz CT molecular complexity index is 606. The molecule has 0 N–H and O–H groups in total. The van der Waals surface area contributed by atoms with Crippen molar-refractivity contribution in [2.45, 2.75) is 32.1 Å². The predicted molar refractivity (Wildman–Crippen MR) is 93.5 cm³/mol. The molecule has 0 amide bonds. The summed E-state index contributed by atoms with van der Waals surface area (Å²) in [6, 6.07) is 5.24. The fraction of sp³-hybridized carbons (Fsp3) is 0.550. The summed E-state index contributed by atoms with van der Waals surface area (Å²) >= 11 is 0. The van der Waals surface area contributed by atoms with Crippen molar-refractivity contribution in [3.8, 4) is 5.75 Å². The lowest BCUT2D eigenvalue weighted by molar-refractivity contribution is -0.111. The quantitative estimate of drug-likeness (QED) is 0.766. The van der Waals surface area contributed by atoms with Crippen LogP contribution in [0.5, 0.6) is 5.75 Å². The first-order valence-electron chi connectivity index (χ1n) is 8.91. The second-order valence-electron chi connectivity index (χ2n) is 7.10. The number of allylic oxidation sites excluding steroid dienone is 2. The van der Waals surface area contributed by atoms with E-state index in [0.29, 0.717) is 18.3 Å². The molecule has 1 saturated heterocycles. The van der Waals surface area contributed by atoms with Crippen LogP contribution in [0, 0.1) is 17.7 Å². The molecule has 0 bridgehead atoms. The van der Waals surface area contributed by atoms with Crippen LogP contribution in [-0.2, 0) is 4.79 Å². The van der Waals surface area contributed by atoms with Crippen molar-refractivity contribution < 1.29 is 13.9 Å². The van der Waals surface area contributed by atoms with Crippen molar-refractivity contribution in [2.75, 3.05) is 26.7 Å². The highest BCUT2D eigenvalue weighted by Crippen LogP contribution is 2.31. The average Bonchev–Trinajstić information content (AvgIpc) is 2.62. The number of rotatable bonds is 5. The van der Waals surface area contributed by atoms with Gasteiger partial charge in [-0.15, -0.1) is 0 Å². The Labute approximate surface area is 143 Å². The molecule has 1 atom stereocenters. The number of ether oxygens (including phenoxy) is 1. The molecule has 1 heterocycles. The SMILES string of the molecule is CN1CCC(COc2ccc(C3=CCC(C=O)CC3)cc2F)CC1. The third-order valence-electron chi connectivity index (χ3n) is 5.26. The number of halogens is 1. The van der Waals surface area contributed by atoms with Gasteiger partial charge in [0, 0.05) is 5.92 Å². The van der Waals surface area contributed by atoms with Gasteiger partial charge < -0.3 is 14.4 Å². The number of benzene rings is 1. The van der Waals surface area contributed by atoms with Crippen molar-refractivity contribution in [2.24, 2.45) is 11.8 Å². The maximum atomic E-state index is 14.3. The van der Waals surface area contributed by atoms with Crippen LogP contribution in [0.2, 0.25) is 0 Å². The third-order valence-corrected chi connectivity index (χ3v) is 5.26. The molecule has 130 valence electrons. The molecule has 1 unspecified atom stereocenters. The van der Waals surface area contributed by atoms with Gasteiger partial charge in [-0.05, 0) is 81.4 Å². The first-order chi connectivity index (χ1) is 11.7. The minimum absolute atomic E-state index is 0.121. The molecular formula is C20H26FNO2. The monoisotopic (exact) mass is 331 g/mol. The predicted octanol–water partition coefficient (Wildman–Crippen LogP) is 3.93. The van der Waals surface area contributed by atoms with E-state index >= 15 is 0 Å². The first kappa shape index (κ1) is 17.2. The van der Waals surface area contributed by atoms with E-state index < -0.39 is 0 Å². The normalized spacial score (nSPS) is 22.9. The summed E-state index contributed by atoms with van der Waals surface area (Å²) in [5.41, 5.74) is 2.04. The molecule has 1 aromatic carbocycles. The standard InChI is InChI=1S/C20H26FNO2/c1-22-10-8-16(9-11-22)14-24-20-7-6-18(12-19(20)21)17-4-2-15(13-23)3-5-17/h4,6-7,12-13,15-16H,2-3,5,8-11,14H2,1H3. The number of hydrogen-bond acceptors (Lipinski definition) is 3. The Morgan fingerprint density at radius 3 is 2.71 bits per heavy atom. The highest BCUT2D eigenvalue weighted by atomic mass is 19.1. The van der Waals surface area contributed by atoms with Gasteiger partial charge in [0.15, 0.2) is 11.6 Å². The van der Waals surface area contributed by atoms with Crippen molar-refractivity contribution in [3.63, 3.8) is 0 Å². The highest BCUT2D eigenvalue weighted by Gasteiger charge is 2.19. The van der Waals surface area contributed by atoms with E-state index in [9.17, 15) is 9.18 Å². The summed E-state index contributed by atoms with van der Waals surface area (Å²) in [5, 5.41) is 0. The lowest BCUT2D eigenvalue weighted by atomic mass is 9.87. The van der Waals surface area contributed by atoms with E-state index in [2.05, 4.69) is 18.0 Å². The zero-order valence-electron chi connectivity index (χ0n) is 14.3. The Morgan fingerprint density at radius 1 is 1.29 bits per heavy atom. The van der Waals surface area contributed by atoms with Gasteiger partial charge in [-0.3, -0.25) is 0 Å². The van der Waals surface area contributed by atoms with Crippen molar-refractivity contribution in [3.05, 3.63) is 35.7 Å². The smallest absolute Gasteiger partial charge is 0.165 e. The summed E-state index contributed by atoms with van der Waals surface area (Å²) in [7, 11) is 2.13. The number of aldehydes is 1. The molecular weight excluding hydrogens is 305 g/mol. The summed E-state index contributed by atoms with van der Waals surface area (Å²) in [6.07, 6.45) is 7.75. The van der Waals surface area contributed by atoms with E-state index in [4.69, 9.17) is 4.74 Å². The number of piperidine rings is 1. The van der Waals surface area contributed by atoms with E-state index in [0.717, 1.165) is 62.6 Å². The van der Waals surface area contributed by atoms with Crippen LogP contribution in [0.15, 0.2) is 24.3 Å². The second kappa shape index (κ2) is 7.93. The van der Waals surface area contributed by atoms with Gasteiger partial charge >= 0.3 is 0 Å². The zero-order valence-corrected chi connectivity index (χ0v) is 14.3. The second-order valence-corrected chi connectivity index (χ2v) is 7.10. The lowest BCUT2D eigenvalue weighted by Gasteiger charge is -2.28. The van der Waals surface area contributed by atoms with Crippen molar-refractivity contribution in [1.29, 1.82) is 0 Å². The molecule has 3 nitrogen and oxygen atoms in total. The number of hydrogen-bond donors (Lipinski definition) is 0. The number of carbonyl (C=O) groups is 1. The van der Waals surface area contributed by atoms with Crippen LogP contribution in [0.3, 0.4) is 0 Å². The van der Waals surface area contributed by atoms with Gasteiger partial charge in [-0.1, -0.05) is 12.1 Å². The van der Waals surface area contributed by atoms with Gasteiger partial charge in [0.25, 0.3) is 0 Å². The molecule has 1 aliphatic heterocycles. The third kappa shape index (κ3) is 4.23. The molecule has 2 aliphatic rings. The Hall–Kier alpha value is -1.68. The van der Waals surface area contributed by atoms with Gasteiger partial charge in [-0.2, -0.15) is 0 Å². The zero-order chi connectivity index (χ0) is 16.9. The molecule has 1 aromatic rings. The minimum Gasteiger partial charge on any atom is -0.490 e. The molecule has 24 heavy (non-hydrogen) atoms. The summed E-state index contributed by atoms with van der Waals surface area (Å²) in [6.45, 7) is 2.77. The van der Waals surface area contributed by atoms with Gasteiger partial charge in [-0.25, -0.2) is 4.39 Å². The van der Waals surface area contributed by atoms with Gasteiger partial charge in [0.1, 0.15) is 6.29 Å². The first-order valence-corrected chi connectivity index (χ1v) is 8.91. The van der Waals surface area contributed by atoms with E-state index in [1.165, 1.54) is 0 Å². The van der Waals surface area contributed by atoms with Crippen LogP contribution < -0.4 is 4.74 Å². The summed E-state index contributed by atoms with van der Waals surface area (Å²) < 4.78 is 20.1. The Morgan fingerprint density at radius 2 is 2.08 bits per heavy atom. The molecule has 0 saturated carbocycles. The number of likely N-dealkylation sites (tertiary alicyclic amines) is 1. The molecule has 3 rings (SSSR count). The van der Waals surface area contributed by atoms with Crippen LogP contribution in [0.4, 0.5) is 4.39 Å². The average molecular weight is 331 g/mol. The largest absolute Gasteiger partial charge is 0.490 e. The van der Waals surface area contributed by atoms with Crippen LogP contribution >= 0.6 is 0 Å². The molecule has 0 aromatic heterocycles. The van der Waals surface area contributed by atoms with Crippen LogP contribution in [0.1, 0.15) is 37.7 Å². The van der Waals surface area contributed by atoms with Crippen LogP contribution in [-0.4, -0.2) is 37.9 Å². The molecule has 1 fully saturated rings. The van der Waals surface area contributed by atoms with Crippen molar-refractivity contribution >= 4 is 11.9 Å². The van der Waals surface area contributed by atoms with E-state index in [-0.39, 0.29) is 11.7 Å². The Balaban J connectivity index is 1.58. The van der Waals surface area contributed by atoms with Gasteiger partial charge in [0.05, 0.1) is 6.61 Å². The molecule has 1 aliphatic carbocycles. The lowest BCUT2D eigenvalue weighted by Crippen LogP contribution is -2.32. The minimum atomic E-state index is -0.293. The molecule has 0 spiro atoms. The maximum absolute atomic E-state index is 14.3. The summed E-state index contributed by atoms with van der Waals surface area (Å²) in [5.74, 6) is 0.691. The molecule has 4 heteroatoms. The topological polar surface area (TPSA) is 29.5 Å². The van der Waals surface area contributed by atoms with Crippen molar-refractivity contribution in [1.82, 2.24) is 4.90 Å². The number of carbonyl (C=O) groups excluding carboxylic acids is 1.